The maximum atomic E-state index is 12.3. The number of phenols is 1. The van der Waals surface area contributed by atoms with Crippen molar-refractivity contribution in [2.45, 2.75) is 6.92 Å². The molecule has 0 aliphatic carbocycles. The van der Waals surface area contributed by atoms with Gasteiger partial charge in [0.15, 0.2) is 23.2 Å². The molecule has 0 bridgehead atoms. The molecule has 0 spiro atoms. The molecular weight excluding hydrogens is 286 g/mol. The largest absolute Gasteiger partial charge is 0.504 e. The number of allylic oxidation sites excluding steroid dienone is 1. The van der Waals surface area contributed by atoms with Gasteiger partial charge in [-0.1, -0.05) is 18.7 Å². The minimum atomic E-state index is -1.06. The highest BCUT2D eigenvalue weighted by molar-refractivity contribution is 6.15. The molecule has 1 atom stereocenters. The van der Waals surface area contributed by atoms with E-state index in [-0.39, 0.29) is 23.8 Å². The average Bonchev–Trinajstić information content (AvgIpc) is 2.76. The van der Waals surface area contributed by atoms with Gasteiger partial charge in [0.05, 0.1) is 19.4 Å². The summed E-state index contributed by atoms with van der Waals surface area (Å²) >= 11 is 0. The Hall–Kier alpha value is -2.76. The van der Waals surface area contributed by atoms with Gasteiger partial charge in [-0.3, -0.25) is 9.59 Å². The summed E-state index contributed by atoms with van der Waals surface area (Å²) in [6, 6.07) is 4.91. The smallest absolute Gasteiger partial charge is 0.322 e. The van der Waals surface area contributed by atoms with Gasteiger partial charge in [-0.05, 0) is 19.1 Å². The highest BCUT2D eigenvalue weighted by atomic mass is 16.5. The molecule has 1 fully saturated rings. The summed E-state index contributed by atoms with van der Waals surface area (Å²) < 4.78 is 9.88. The monoisotopic (exact) mass is 303 g/mol. The van der Waals surface area contributed by atoms with E-state index in [1.165, 1.54) is 13.2 Å². The molecule has 2 N–H and O–H groups in total. The number of Topliss-reactive ketones (excluding diaryl/α,β-unsaturated/α-hetero) is 1. The van der Waals surface area contributed by atoms with Gasteiger partial charge >= 0.3 is 5.97 Å². The Bertz CT molecular complexity index is 663. The number of benzene rings is 1. The fourth-order valence-corrected chi connectivity index (χ4v) is 2.18. The Morgan fingerprint density at radius 1 is 1.50 bits per heavy atom. The third-order valence-electron chi connectivity index (χ3n) is 3.24. The maximum Gasteiger partial charge on any atom is 0.322 e. The molecule has 0 radical (unpaired) electrons. The molecule has 1 heterocycles. The molecular formula is C16H17NO5. The van der Waals surface area contributed by atoms with Crippen LogP contribution in [0, 0.1) is 5.92 Å². The van der Waals surface area contributed by atoms with E-state index in [1.54, 1.807) is 25.1 Å². The van der Waals surface area contributed by atoms with E-state index < -0.39 is 17.7 Å². The molecule has 116 valence electrons. The molecule has 22 heavy (non-hydrogen) atoms. The van der Waals surface area contributed by atoms with E-state index in [0.29, 0.717) is 11.3 Å². The molecule has 0 amide bonds. The predicted octanol–water partition coefficient (Wildman–Crippen LogP) is 1.61. The Morgan fingerprint density at radius 3 is 2.86 bits per heavy atom. The first-order chi connectivity index (χ1) is 10.5. The van der Waals surface area contributed by atoms with Gasteiger partial charge in [0, 0.05) is 11.3 Å². The predicted molar refractivity (Wildman–Crippen MR) is 80.0 cm³/mol. The lowest BCUT2D eigenvalue weighted by molar-refractivity contribution is -0.148. The number of methoxy groups -OCH3 is 1. The van der Waals surface area contributed by atoms with Crippen LogP contribution in [-0.2, 0) is 14.3 Å². The van der Waals surface area contributed by atoms with E-state index in [0.717, 1.165) is 0 Å². The molecule has 0 saturated carbocycles. The second-order valence-corrected chi connectivity index (χ2v) is 4.66. The minimum Gasteiger partial charge on any atom is -0.504 e. The number of hydrogen-bond donors (Lipinski definition) is 2. The number of para-hydroxylation sites is 1. The van der Waals surface area contributed by atoms with Gasteiger partial charge in [0.2, 0.25) is 0 Å². The lowest BCUT2D eigenvalue weighted by atomic mass is 10.0. The van der Waals surface area contributed by atoms with E-state index in [4.69, 9.17) is 9.47 Å². The molecule has 1 aromatic rings. The number of nitrogens with one attached hydrogen (secondary N) is 1. The molecule has 6 heteroatoms. The number of hydrogen-bond acceptors (Lipinski definition) is 6. The number of phenolic OH excluding ortho intramolecular Hbond substituents is 1. The molecule has 1 aliphatic heterocycles. The van der Waals surface area contributed by atoms with E-state index >= 15 is 0 Å². The van der Waals surface area contributed by atoms with Crippen molar-refractivity contribution in [1.82, 2.24) is 5.32 Å². The topological polar surface area (TPSA) is 84.9 Å². The van der Waals surface area contributed by atoms with Gasteiger partial charge in [0.25, 0.3) is 0 Å². The van der Waals surface area contributed by atoms with Crippen LogP contribution in [0.15, 0.2) is 36.2 Å². The number of ether oxygens (including phenoxy) is 2. The Kier molecular flexibility index (Phi) is 4.50. The Labute approximate surface area is 128 Å². The number of aromatic hydroxyl groups is 1. The van der Waals surface area contributed by atoms with Crippen LogP contribution < -0.4 is 10.1 Å². The Balaban J connectivity index is 2.33. The van der Waals surface area contributed by atoms with Gasteiger partial charge < -0.3 is 19.9 Å². The van der Waals surface area contributed by atoms with E-state index in [1.807, 2.05) is 0 Å². The Morgan fingerprint density at radius 2 is 2.23 bits per heavy atom. The summed E-state index contributed by atoms with van der Waals surface area (Å²) in [5.74, 6) is -1.93. The molecule has 1 unspecified atom stereocenters. The maximum absolute atomic E-state index is 12.3. The molecule has 6 nitrogen and oxygen atoms in total. The number of rotatable bonds is 4. The fourth-order valence-electron chi connectivity index (χ4n) is 2.18. The van der Waals surface area contributed by atoms with Crippen molar-refractivity contribution in [3.63, 3.8) is 0 Å². The second-order valence-electron chi connectivity index (χ2n) is 4.66. The van der Waals surface area contributed by atoms with E-state index in [2.05, 4.69) is 11.9 Å². The van der Waals surface area contributed by atoms with Gasteiger partial charge in [-0.25, -0.2) is 0 Å². The quantitative estimate of drug-likeness (QED) is 0.499. The van der Waals surface area contributed by atoms with Crippen LogP contribution in [0.3, 0.4) is 0 Å². The van der Waals surface area contributed by atoms with Crippen molar-refractivity contribution in [2.75, 3.05) is 13.7 Å². The van der Waals surface area contributed by atoms with Crippen LogP contribution in [0.25, 0.3) is 6.08 Å². The second kappa shape index (κ2) is 6.34. The zero-order chi connectivity index (χ0) is 16.3. The van der Waals surface area contributed by atoms with Crippen LogP contribution >= 0.6 is 0 Å². The summed E-state index contributed by atoms with van der Waals surface area (Å²) in [5.41, 5.74) is 0.830. The van der Waals surface area contributed by atoms with Crippen molar-refractivity contribution in [3.05, 3.63) is 41.7 Å². The van der Waals surface area contributed by atoms with Crippen molar-refractivity contribution in [1.29, 1.82) is 0 Å². The molecule has 1 aromatic carbocycles. The summed E-state index contributed by atoms with van der Waals surface area (Å²) in [6.45, 7) is 5.53. The van der Waals surface area contributed by atoms with Crippen molar-refractivity contribution >= 4 is 17.8 Å². The first kappa shape index (κ1) is 15.6. The van der Waals surface area contributed by atoms with Crippen molar-refractivity contribution < 1.29 is 24.2 Å². The van der Waals surface area contributed by atoms with Gasteiger partial charge in [-0.15, -0.1) is 0 Å². The number of esters is 1. The highest BCUT2D eigenvalue weighted by Crippen LogP contribution is 2.32. The normalized spacial score (nSPS) is 19.2. The van der Waals surface area contributed by atoms with Crippen LogP contribution in [0.5, 0.6) is 11.5 Å². The third kappa shape index (κ3) is 2.81. The highest BCUT2D eigenvalue weighted by Gasteiger charge is 2.39. The van der Waals surface area contributed by atoms with Gasteiger partial charge in [-0.2, -0.15) is 0 Å². The number of carbonyl (C=O) groups excluding carboxylic acids is 2. The molecule has 2 rings (SSSR count). The first-order valence-corrected chi connectivity index (χ1v) is 6.74. The molecule has 0 aromatic heterocycles. The van der Waals surface area contributed by atoms with E-state index in [9.17, 15) is 14.7 Å². The molecule has 1 saturated heterocycles. The van der Waals surface area contributed by atoms with Crippen LogP contribution in [-0.4, -0.2) is 30.6 Å². The summed E-state index contributed by atoms with van der Waals surface area (Å²) in [6.07, 6.45) is 1.45. The minimum absolute atomic E-state index is 0.0858. The standard InChI is InChI=1S/C16H17NO5/c1-4-22-16(20)13-9(2)17-11(15(13)19)8-10-6-5-7-12(21-3)14(10)18/h5-8,13,17-18H,2,4H2,1,3H3. The lowest BCUT2D eigenvalue weighted by Crippen LogP contribution is -2.23. The fraction of sp³-hybridized carbons (Fsp3) is 0.250. The SMILES string of the molecule is C=C1NC(=Cc2cccc(OC)c2O)C(=O)C1C(=O)OCC. The van der Waals surface area contributed by atoms with Crippen LogP contribution in [0.2, 0.25) is 0 Å². The first-order valence-electron chi connectivity index (χ1n) is 6.74. The average molecular weight is 303 g/mol. The van der Waals surface area contributed by atoms with Crippen LogP contribution in [0.1, 0.15) is 12.5 Å². The summed E-state index contributed by atoms with van der Waals surface area (Å²) in [7, 11) is 1.43. The number of ketones is 1. The van der Waals surface area contributed by atoms with Crippen LogP contribution in [0.4, 0.5) is 0 Å². The zero-order valence-corrected chi connectivity index (χ0v) is 12.4. The lowest BCUT2D eigenvalue weighted by Gasteiger charge is -2.06. The van der Waals surface area contributed by atoms with Gasteiger partial charge in [0.1, 0.15) is 0 Å². The summed E-state index contributed by atoms with van der Waals surface area (Å²) in [5, 5.41) is 12.8. The number of carbonyl (C=O) groups is 2. The third-order valence-corrected chi connectivity index (χ3v) is 3.24. The zero-order valence-electron chi connectivity index (χ0n) is 12.4. The summed E-state index contributed by atoms with van der Waals surface area (Å²) in [4.78, 5) is 24.1. The van der Waals surface area contributed by atoms with Crippen molar-refractivity contribution in [3.8, 4) is 11.5 Å². The molecule has 1 aliphatic rings. The van der Waals surface area contributed by atoms with Crippen molar-refractivity contribution in [2.24, 2.45) is 5.92 Å².